The van der Waals surface area contributed by atoms with Gasteiger partial charge in [0.1, 0.15) is 0 Å². The van der Waals surface area contributed by atoms with Crippen LogP contribution in [-0.2, 0) is 0 Å². The number of rotatable bonds is 1. The van der Waals surface area contributed by atoms with Crippen molar-refractivity contribution in [3.05, 3.63) is 30.3 Å². The zero-order valence-corrected chi connectivity index (χ0v) is 8.14. The number of thiocarbonyl (C=S) groups is 1. The SMILES string of the molecule is CC1NC(=S)N(c2ccccc2)N1. The zero-order valence-electron chi connectivity index (χ0n) is 7.32. The molecule has 3 nitrogen and oxygen atoms in total. The summed E-state index contributed by atoms with van der Waals surface area (Å²) in [7, 11) is 0. The van der Waals surface area contributed by atoms with E-state index in [1.807, 2.05) is 42.3 Å². The molecule has 1 unspecified atom stereocenters. The molecule has 68 valence electrons. The first-order chi connectivity index (χ1) is 6.27. The summed E-state index contributed by atoms with van der Waals surface area (Å²) >= 11 is 5.15. The number of nitrogens with one attached hydrogen (secondary N) is 2. The molecule has 13 heavy (non-hydrogen) atoms. The third-order valence-corrected chi connectivity index (χ3v) is 2.18. The Morgan fingerprint density at radius 1 is 1.31 bits per heavy atom. The predicted molar refractivity (Wildman–Crippen MR) is 57.3 cm³/mol. The molecule has 1 atom stereocenters. The highest BCUT2D eigenvalue weighted by molar-refractivity contribution is 7.80. The minimum atomic E-state index is 0.202. The van der Waals surface area contributed by atoms with Crippen molar-refractivity contribution in [2.24, 2.45) is 0 Å². The van der Waals surface area contributed by atoms with Crippen molar-refractivity contribution >= 4 is 23.0 Å². The Labute approximate surface area is 82.7 Å². The Morgan fingerprint density at radius 3 is 2.54 bits per heavy atom. The van der Waals surface area contributed by atoms with Crippen molar-refractivity contribution in [2.75, 3.05) is 5.01 Å². The minimum Gasteiger partial charge on any atom is -0.345 e. The van der Waals surface area contributed by atoms with E-state index < -0.39 is 0 Å². The van der Waals surface area contributed by atoms with Gasteiger partial charge in [-0.25, -0.2) is 5.43 Å². The standard InChI is InChI=1S/C9H11N3S/c1-7-10-9(13)12(11-7)8-5-3-2-4-6-8/h2-7,11H,1H3,(H,10,13). The van der Waals surface area contributed by atoms with Crippen LogP contribution in [0.15, 0.2) is 30.3 Å². The van der Waals surface area contributed by atoms with Crippen LogP contribution < -0.4 is 15.8 Å². The van der Waals surface area contributed by atoms with Gasteiger partial charge in [0.05, 0.1) is 11.9 Å². The second-order valence-corrected chi connectivity index (χ2v) is 3.36. The lowest BCUT2D eigenvalue weighted by atomic mass is 10.3. The normalized spacial score (nSPS) is 21.8. The Hall–Kier alpha value is -1.13. The Morgan fingerprint density at radius 2 is 2.00 bits per heavy atom. The number of hydrogen-bond acceptors (Lipinski definition) is 2. The number of para-hydroxylation sites is 1. The summed E-state index contributed by atoms with van der Waals surface area (Å²) in [4.78, 5) is 0. The molecule has 1 saturated heterocycles. The number of benzene rings is 1. The molecule has 0 bridgehead atoms. The van der Waals surface area contributed by atoms with Crippen molar-refractivity contribution in [1.82, 2.24) is 10.7 Å². The molecule has 1 fully saturated rings. The van der Waals surface area contributed by atoms with Gasteiger partial charge in [0.2, 0.25) is 0 Å². The number of hydrogen-bond donors (Lipinski definition) is 2. The summed E-state index contributed by atoms with van der Waals surface area (Å²) in [5.74, 6) is 0. The van der Waals surface area contributed by atoms with Gasteiger partial charge >= 0.3 is 0 Å². The van der Waals surface area contributed by atoms with Gasteiger partial charge in [-0.2, -0.15) is 0 Å². The molecule has 1 aliphatic rings. The van der Waals surface area contributed by atoms with Gasteiger partial charge in [-0.3, -0.25) is 5.01 Å². The molecule has 0 saturated carbocycles. The molecule has 0 spiro atoms. The summed E-state index contributed by atoms with van der Waals surface area (Å²) in [5, 5.41) is 5.71. The van der Waals surface area contributed by atoms with Gasteiger partial charge in [-0.15, -0.1) is 0 Å². The lowest BCUT2D eigenvalue weighted by Gasteiger charge is -2.16. The molecular formula is C9H11N3S. The van der Waals surface area contributed by atoms with Crippen molar-refractivity contribution < 1.29 is 0 Å². The number of hydrazine groups is 1. The second kappa shape index (κ2) is 3.32. The lowest BCUT2D eigenvalue weighted by molar-refractivity contribution is 0.602. The summed E-state index contributed by atoms with van der Waals surface area (Å²) in [6, 6.07) is 9.99. The third kappa shape index (κ3) is 1.64. The maximum Gasteiger partial charge on any atom is 0.189 e. The van der Waals surface area contributed by atoms with Crippen LogP contribution in [0.25, 0.3) is 0 Å². The average Bonchev–Trinajstić information content (AvgIpc) is 2.47. The second-order valence-electron chi connectivity index (χ2n) is 2.97. The Bertz CT molecular complexity index is 312. The summed E-state index contributed by atoms with van der Waals surface area (Å²) in [6.07, 6.45) is 0.202. The molecule has 1 aliphatic heterocycles. The molecule has 0 aliphatic carbocycles. The molecule has 1 heterocycles. The monoisotopic (exact) mass is 193 g/mol. The van der Waals surface area contributed by atoms with Crippen molar-refractivity contribution in [3.8, 4) is 0 Å². The summed E-state index contributed by atoms with van der Waals surface area (Å²) < 4.78 is 0. The molecule has 0 radical (unpaired) electrons. The van der Waals surface area contributed by atoms with E-state index in [0.29, 0.717) is 0 Å². The molecule has 1 aromatic rings. The van der Waals surface area contributed by atoms with Gasteiger partial charge in [0.15, 0.2) is 5.11 Å². The fourth-order valence-corrected chi connectivity index (χ4v) is 1.64. The van der Waals surface area contributed by atoms with Crippen LogP contribution >= 0.6 is 12.2 Å². The fraction of sp³-hybridized carbons (Fsp3) is 0.222. The molecule has 2 N–H and O–H groups in total. The molecule has 4 heteroatoms. The van der Waals surface area contributed by atoms with Crippen LogP contribution in [0.3, 0.4) is 0 Å². The first-order valence-electron chi connectivity index (χ1n) is 4.19. The van der Waals surface area contributed by atoms with E-state index in [9.17, 15) is 0 Å². The van der Waals surface area contributed by atoms with E-state index in [1.165, 1.54) is 0 Å². The third-order valence-electron chi connectivity index (χ3n) is 1.88. The van der Waals surface area contributed by atoms with E-state index in [2.05, 4.69) is 10.7 Å². The van der Waals surface area contributed by atoms with Gasteiger partial charge < -0.3 is 5.32 Å². The quantitative estimate of drug-likeness (QED) is 0.656. The number of nitrogens with zero attached hydrogens (tertiary/aromatic N) is 1. The van der Waals surface area contributed by atoms with E-state index in [4.69, 9.17) is 12.2 Å². The van der Waals surface area contributed by atoms with Crippen LogP contribution in [0, 0.1) is 0 Å². The minimum absolute atomic E-state index is 0.202. The van der Waals surface area contributed by atoms with Crippen LogP contribution in [0.2, 0.25) is 0 Å². The van der Waals surface area contributed by atoms with Gasteiger partial charge in [-0.05, 0) is 31.3 Å². The maximum absolute atomic E-state index is 5.15. The fourth-order valence-electron chi connectivity index (χ4n) is 1.30. The predicted octanol–water partition coefficient (Wildman–Crippen LogP) is 1.23. The van der Waals surface area contributed by atoms with E-state index in [-0.39, 0.29) is 6.17 Å². The Kier molecular flexibility index (Phi) is 2.16. The molecule has 0 aromatic heterocycles. The van der Waals surface area contributed by atoms with Crippen LogP contribution in [0.5, 0.6) is 0 Å². The van der Waals surface area contributed by atoms with Crippen LogP contribution in [0.4, 0.5) is 5.69 Å². The van der Waals surface area contributed by atoms with Crippen LogP contribution in [0.1, 0.15) is 6.92 Å². The molecule has 1 aromatic carbocycles. The van der Waals surface area contributed by atoms with Crippen molar-refractivity contribution in [1.29, 1.82) is 0 Å². The van der Waals surface area contributed by atoms with Crippen molar-refractivity contribution in [2.45, 2.75) is 13.1 Å². The topological polar surface area (TPSA) is 27.3 Å². The summed E-state index contributed by atoms with van der Waals surface area (Å²) in [5.41, 5.74) is 4.26. The van der Waals surface area contributed by atoms with Gasteiger partial charge in [0, 0.05) is 0 Å². The Balaban J connectivity index is 2.23. The van der Waals surface area contributed by atoms with Gasteiger partial charge in [-0.1, -0.05) is 18.2 Å². The van der Waals surface area contributed by atoms with Crippen molar-refractivity contribution in [3.63, 3.8) is 0 Å². The summed E-state index contributed by atoms with van der Waals surface area (Å²) in [6.45, 7) is 2.02. The first-order valence-corrected chi connectivity index (χ1v) is 4.60. The van der Waals surface area contributed by atoms with Crippen LogP contribution in [-0.4, -0.2) is 11.3 Å². The zero-order chi connectivity index (χ0) is 9.26. The first kappa shape index (κ1) is 8.47. The van der Waals surface area contributed by atoms with E-state index in [0.717, 1.165) is 10.8 Å². The average molecular weight is 193 g/mol. The maximum atomic E-state index is 5.15. The van der Waals surface area contributed by atoms with Gasteiger partial charge in [0.25, 0.3) is 0 Å². The number of anilines is 1. The van der Waals surface area contributed by atoms with E-state index >= 15 is 0 Å². The highest BCUT2D eigenvalue weighted by atomic mass is 32.1. The van der Waals surface area contributed by atoms with E-state index in [1.54, 1.807) is 0 Å². The lowest BCUT2D eigenvalue weighted by Crippen LogP contribution is -2.35. The molecule has 2 rings (SSSR count). The largest absolute Gasteiger partial charge is 0.345 e. The highest BCUT2D eigenvalue weighted by Crippen LogP contribution is 2.13. The highest BCUT2D eigenvalue weighted by Gasteiger charge is 2.22. The molecule has 0 amide bonds. The molecular weight excluding hydrogens is 182 g/mol. The smallest absolute Gasteiger partial charge is 0.189 e.